The van der Waals surface area contributed by atoms with Gasteiger partial charge in [-0.25, -0.2) is 0 Å². The number of allylic oxidation sites excluding steroid dienone is 2. The van der Waals surface area contributed by atoms with E-state index in [-0.39, 0.29) is 11.5 Å². The molecule has 4 aliphatic carbocycles. The van der Waals surface area contributed by atoms with Gasteiger partial charge in [0, 0.05) is 18.4 Å². The van der Waals surface area contributed by atoms with Gasteiger partial charge in [0.15, 0.2) is 0 Å². The molecule has 1 heterocycles. The summed E-state index contributed by atoms with van der Waals surface area (Å²) in [6.45, 7) is 9.14. The smallest absolute Gasteiger partial charge is 0.141 e. The third-order valence-corrected chi connectivity index (χ3v) is 9.27. The lowest BCUT2D eigenvalue weighted by Crippen LogP contribution is -2.52. The molecule has 0 aromatic carbocycles. The molecule has 28 heavy (non-hydrogen) atoms. The van der Waals surface area contributed by atoms with Crippen molar-refractivity contribution in [3.8, 4) is 0 Å². The van der Waals surface area contributed by atoms with Crippen molar-refractivity contribution in [2.75, 3.05) is 19.7 Å². The third kappa shape index (κ3) is 2.74. The quantitative estimate of drug-likeness (QED) is 0.566. The molecule has 5 aliphatic rings. The van der Waals surface area contributed by atoms with Gasteiger partial charge in [-0.3, -0.25) is 0 Å². The minimum atomic E-state index is -0.0118. The molecule has 0 spiro atoms. The lowest BCUT2D eigenvalue weighted by molar-refractivity contribution is -0.0532. The highest BCUT2D eigenvalue weighted by molar-refractivity contribution is 5.96. The second-order valence-corrected chi connectivity index (χ2v) is 10.3. The van der Waals surface area contributed by atoms with Gasteiger partial charge in [-0.05, 0) is 87.2 Å². The summed E-state index contributed by atoms with van der Waals surface area (Å²) in [6.07, 6.45) is 12.9. The maximum absolute atomic E-state index is 10.6. The van der Waals surface area contributed by atoms with Crippen LogP contribution in [0.1, 0.15) is 64.7 Å². The van der Waals surface area contributed by atoms with E-state index in [1.54, 1.807) is 0 Å². The first-order valence-corrected chi connectivity index (χ1v) is 11.5. The van der Waals surface area contributed by atoms with Gasteiger partial charge in [-0.1, -0.05) is 29.8 Å². The molecule has 0 aromatic heterocycles. The summed E-state index contributed by atoms with van der Waals surface area (Å²) in [6, 6.07) is 0. The van der Waals surface area contributed by atoms with Crippen LogP contribution in [0.4, 0.5) is 0 Å². The Balaban J connectivity index is 1.39. The summed E-state index contributed by atoms with van der Waals surface area (Å²) >= 11 is 0. The maximum atomic E-state index is 10.6. The van der Waals surface area contributed by atoms with Crippen molar-refractivity contribution >= 4 is 5.71 Å². The SMILES string of the molecule is C=C1CCC2C3CCC4=CC(=NOC5CCNC5)CC[C@]4(CO)C3CC[C@]12C. The van der Waals surface area contributed by atoms with Crippen LogP contribution in [0.5, 0.6) is 0 Å². The fourth-order valence-electron chi connectivity index (χ4n) is 7.51. The van der Waals surface area contributed by atoms with E-state index in [0.717, 1.165) is 56.3 Å². The highest BCUT2D eigenvalue weighted by Gasteiger charge is 2.58. The molecule has 1 aliphatic heterocycles. The lowest BCUT2D eigenvalue weighted by Gasteiger charge is -2.58. The van der Waals surface area contributed by atoms with E-state index < -0.39 is 0 Å². The molecule has 6 atom stereocenters. The first kappa shape index (κ1) is 18.9. The summed E-state index contributed by atoms with van der Waals surface area (Å²) < 4.78 is 0. The van der Waals surface area contributed by atoms with Crippen molar-refractivity contribution in [1.82, 2.24) is 5.32 Å². The Labute approximate surface area is 169 Å². The molecule has 3 saturated carbocycles. The Morgan fingerprint density at radius 3 is 2.86 bits per heavy atom. The Morgan fingerprint density at radius 2 is 2.07 bits per heavy atom. The number of hydrogen-bond acceptors (Lipinski definition) is 4. The molecule has 5 rings (SSSR count). The summed E-state index contributed by atoms with van der Waals surface area (Å²) in [5, 5.41) is 18.5. The molecular weight excluding hydrogens is 348 g/mol. The Bertz CT molecular complexity index is 707. The third-order valence-electron chi connectivity index (χ3n) is 9.27. The summed E-state index contributed by atoms with van der Waals surface area (Å²) in [5.74, 6) is 2.15. The molecule has 0 amide bonds. The van der Waals surface area contributed by atoms with Crippen LogP contribution in [0.15, 0.2) is 29.0 Å². The molecule has 4 unspecified atom stereocenters. The van der Waals surface area contributed by atoms with Crippen LogP contribution in [0.25, 0.3) is 0 Å². The molecule has 0 radical (unpaired) electrons. The van der Waals surface area contributed by atoms with E-state index in [1.165, 1.54) is 43.3 Å². The summed E-state index contributed by atoms with van der Waals surface area (Å²) in [4.78, 5) is 5.79. The molecule has 4 fully saturated rings. The number of nitrogens with one attached hydrogen (secondary N) is 1. The van der Waals surface area contributed by atoms with Crippen LogP contribution >= 0.6 is 0 Å². The second kappa shape index (κ2) is 6.98. The number of aliphatic hydroxyl groups excluding tert-OH is 1. The standard InChI is InChI=1S/C24H36N2O2/c1-16-3-6-21-20-5-4-17-13-18(26-28-19-9-12-25-14-19)7-11-24(17,15-27)22(20)8-10-23(16,21)2/h13,19-22,25,27H,1,3-12,14-15H2,2H3/t19?,20?,21?,22?,23-,24-/m1/s1. The van der Waals surface area contributed by atoms with E-state index in [0.29, 0.717) is 17.9 Å². The molecule has 0 bridgehead atoms. The summed E-state index contributed by atoms with van der Waals surface area (Å²) in [7, 11) is 0. The molecule has 4 heteroatoms. The minimum absolute atomic E-state index is 0.0118. The van der Waals surface area contributed by atoms with Gasteiger partial charge in [0.25, 0.3) is 0 Å². The van der Waals surface area contributed by atoms with E-state index in [1.807, 2.05) is 0 Å². The molecule has 154 valence electrons. The predicted molar refractivity (Wildman–Crippen MR) is 112 cm³/mol. The Hall–Kier alpha value is -1.13. The minimum Gasteiger partial charge on any atom is -0.395 e. The number of fused-ring (bicyclic) bond motifs is 5. The topological polar surface area (TPSA) is 53.8 Å². The van der Waals surface area contributed by atoms with E-state index in [9.17, 15) is 5.11 Å². The fraction of sp³-hybridized carbons (Fsp3) is 0.792. The Morgan fingerprint density at radius 1 is 1.18 bits per heavy atom. The van der Waals surface area contributed by atoms with E-state index >= 15 is 0 Å². The van der Waals surface area contributed by atoms with Crippen LogP contribution in [-0.2, 0) is 4.84 Å². The highest BCUT2D eigenvalue weighted by atomic mass is 16.6. The van der Waals surface area contributed by atoms with E-state index in [2.05, 4.69) is 30.1 Å². The van der Waals surface area contributed by atoms with Crippen LogP contribution < -0.4 is 5.32 Å². The van der Waals surface area contributed by atoms with Crippen molar-refractivity contribution in [3.05, 3.63) is 23.8 Å². The normalized spacial score (nSPS) is 46.7. The van der Waals surface area contributed by atoms with Gasteiger partial charge in [0.2, 0.25) is 0 Å². The van der Waals surface area contributed by atoms with Gasteiger partial charge < -0.3 is 15.3 Å². The second-order valence-electron chi connectivity index (χ2n) is 10.3. The number of hydrogen-bond donors (Lipinski definition) is 2. The zero-order valence-electron chi connectivity index (χ0n) is 17.4. The molecular formula is C24H36N2O2. The molecule has 4 nitrogen and oxygen atoms in total. The van der Waals surface area contributed by atoms with Gasteiger partial charge in [-0.2, -0.15) is 0 Å². The lowest BCUT2D eigenvalue weighted by atomic mass is 9.47. The van der Waals surface area contributed by atoms with Gasteiger partial charge in [-0.15, -0.1) is 0 Å². The van der Waals surface area contributed by atoms with Gasteiger partial charge in [0.1, 0.15) is 6.10 Å². The summed E-state index contributed by atoms with van der Waals surface area (Å²) in [5.41, 5.74) is 4.37. The van der Waals surface area contributed by atoms with Crippen molar-refractivity contribution < 1.29 is 9.94 Å². The Kier molecular flexibility index (Phi) is 4.71. The van der Waals surface area contributed by atoms with Gasteiger partial charge in [0.05, 0.1) is 12.3 Å². The number of oxime groups is 1. The average molecular weight is 385 g/mol. The van der Waals surface area contributed by atoms with Crippen LogP contribution in [0.2, 0.25) is 0 Å². The van der Waals surface area contributed by atoms with Gasteiger partial charge >= 0.3 is 0 Å². The van der Waals surface area contributed by atoms with Crippen LogP contribution in [-0.4, -0.2) is 36.6 Å². The first-order valence-electron chi connectivity index (χ1n) is 11.5. The predicted octanol–water partition coefficient (Wildman–Crippen LogP) is 4.21. The first-order chi connectivity index (χ1) is 13.6. The molecule has 0 aromatic rings. The van der Waals surface area contributed by atoms with Crippen molar-refractivity contribution in [2.24, 2.45) is 33.7 Å². The molecule has 1 saturated heterocycles. The van der Waals surface area contributed by atoms with Crippen LogP contribution in [0.3, 0.4) is 0 Å². The van der Waals surface area contributed by atoms with E-state index in [4.69, 9.17) is 4.84 Å². The van der Waals surface area contributed by atoms with Crippen molar-refractivity contribution in [3.63, 3.8) is 0 Å². The van der Waals surface area contributed by atoms with Crippen molar-refractivity contribution in [2.45, 2.75) is 70.8 Å². The number of nitrogens with zero attached hydrogens (tertiary/aromatic N) is 1. The highest BCUT2D eigenvalue weighted by Crippen LogP contribution is 2.66. The largest absolute Gasteiger partial charge is 0.395 e. The zero-order valence-corrected chi connectivity index (χ0v) is 17.4. The number of rotatable bonds is 3. The maximum Gasteiger partial charge on any atom is 0.141 e. The molecule has 2 N–H and O–H groups in total. The van der Waals surface area contributed by atoms with Crippen molar-refractivity contribution in [1.29, 1.82) is 0 Å². The van der Waals surface area contributed by atoms with Crippen LogP contribution in [0, 0.1) is 28.6 Å². The zero-order chi connectivity index (χ0) is 19.4. The number of aliphatic hydroxyl groups is 1. The average Bonchev–Trinajstić information content (AvgIpc) is 3.34. The monoisotopic (exact) mass is 384 g/mol. The fourth-order valence-corrected chi connectivity index (χ4v) is 7.51.